The summed E-state index contributed by atoms with van der Waals surface area (Å²) in [5.74, 6) is 1.51. The van der Waals surface area contributed by atoms with Crippen molar-refractivity contribution in [1.29, 1.82) is 10.5 Å². The molecule has 15 heteroatoms. The van der Waals surface area contributed by atoms with Gasteiger partial charge >= 0.3 is 0 Å². The number of rotatable bonds is 1. The van der Waals surface area contributed by atoms with Gasteiger partial charge in [0, 0.05) is 57.8 Å². The quantitative estimate of drug-likeness (QED) is 0.0763. The van der Waals surface area contributed by atoms with Crippen LogP contribution in [0.2, 0.25) is 0 Å². The third-order valence-corrected chi connectivity index (χ3v) is 10.5. The van der Waals surface area contributed by atoms with E-state index in [4.69, 9.17) is 33.6 Å². The fraction of sp³-hybridized carbons (Fsp3) is 0.0851. The number of carbonyl (C=O) groups excluding carboxylic acids is 1. The van der Waals surface area contributed by atoms with Crippen molar-refractivity contribution >= 4 is 27.7 Å². The SMILES string of the molecule is N#Cc1cc(O)cc(C2COc3cc(O)ccc3C2=O)c1O.N#Cc1cc(O)cc2c3c(oc12)-c1ccc(O)cc1OC3.Oc1ccc2c(c1)OCc1c-2oc2ccc(O)cc12. The largest absolute Gasteiger partial charge is 0.508 e. The van der Waals surface area contributed by atoms with Gasteiger partial charge in [0.2, 0.25) is 0 Å². The van der Waals surface area contributed by atoms with Crippen molar-refractivity contribution in [3.8, 4) is 92.3 Å². The number of Topliss-reactive ketones (excluding diaryl/α,β-unsaturated/α-hetero) is 1. The van der Waals surface area contributed by atoms with E-state index in [0.29, 0.717) is 46.0 Å². The lowest BCUT2D eigenvalue weighted by atomic mass is 9.87. The summed E-state index contributed by atoms with van der Waals surface area (Å²) in [5, 5.41) is 87.1. The fourth-order valence-electron chi connectivity index (χ4n) is 7.60. The highest BCUT2D eigenvalue weighted by Gasteiger charge is 2.33. The minimum atomic E-state index is -0.837. The van der Waals surface area contributed by atoms with Gasteiger partial charge < -0.3 is 58.8 Å². The van der Waals surface area contributed by atoms with Crippen LogP contribution in [-0.4, -0.2) is 48.1 Å². The number of furan rings is 2. The molecule has 0 saturated carbocycles. The summed E-state index contributed by atoms with van der Waals surface area (Å²) in [6.45, 7) is 0.562. The molecule has 11 rings (SSSR count). The van der Waals surface area contributed by atoms with Gasteiger partial charge in [0.25, 0.3) is 0 Å². The number of phenols is 7. The van der Waals surface area contributed by atoms with Crippen molar-refractivity contribution in [3.63, 3.8) is 0 Å². The van der Waals surface area contributed by atoms with E-state index >= 15 is 0 Å². The molecular weight excluding hydrogens is 801 g/mol. The fourth-order valence-corrected chi connectivity index (χ4v) is 7.60. The summed E-state index contributed by atoms with van der Waals surface area (Å²) in [6.07, 6.45) is 0. The molecule has 0 radical (unpaired) electrons. The van der Waals surface area contributed by atoms with Crippen molar-refractivity contribution in [2.24, 2.45) is 0 Å². The van der Waals surface area contributed by atoms with Crippen molar-refractivity contribution in [2.75, 3.05) is 6.61 Å². The van der Waals surface area contributed by atoms with E-state index in [1.807, 2.05) is 6.07 Å². The number of hydrogen-bond acceptors (Lipinski definition) is 15. The van der Waals surface area contributed by atoms with Gasteiger partial charge in [-0.05, 0) is 66.7 Å². The first-order valence-electron chi connectivity index (χ1n) is 18.7. The molecule has 0 saturated heterocycles. The van der Waals surface area contributed by atoms with Crippen LogP contribution >= 0.6 is 0 Å². The van der Waals surface area contributed by atoms with Crippen LogP contribution in [0.3, 0.4) is 0 Å². The van der Waals surface area contributed by atoms with Gasteiger partial charge in [-0.1, -0.05) is 0 Å². The van der Waals surface area contributed by atoms with Crippen LogP contribution in [0.4, 0.5) is 0 Å². The maximum absolute atomic E-state index is 12.6. The molecular formula is C47H30N2O13. The molecule has 0 bridgehead atoms. The molecule has 6 aromatic carbocycles. The van der Waals surface area contributed by atoms with Gasteiger partial charge in [-0.15, -0.1) is 0 Å². The number of carbonyl (C=O) groups is 1. The molecule has 5 heterocycles. The summed E-state index contributed by atoms with van der Waals surface area (Å²) in [4.78, 5) is 12.6. The smallest absolute Gasteiger partial charge is 0.177 e. The number of aromatic hydroxyl groups is 7. The minimum absolute atomic E-state index is 0.0131. The highest BCUT2D eigenvalue weighted by atomic mass is 16.5. The second-order valence-electron chi connectivity index (χ2n) is 14.4. The summed E-state index contributed by atoms with van der Waals surface area (Å²) in [7, 11) is 0. The number of nitrogens with zero attached hydrogens (tertiary/aromatic N) is 2. The number of ketones is 1. The van der Waals surface area contributed by atoms with E-state index in [-0.39, 0.29) is 87.2 Å². The predicted octanol–water partition coefficient (Wildman–Crippen LogP) is 8.71. The number of phenolic OH excluding ortho intramolecular Hbond substituents is 7. The van der Waals surface area contributed by atoms with E-state index in [1.165, 1.54) is 36.4 Å². The first-order chi connectivity index (χ1) is 29.9. The first-order valence-corrected chi connectivity index (χ1v) is 18.7. The number of hydrogen-bond donors (Lipinski definition) is 7. The van der Waals surface area contributed by atoms with Crippen LogP contribution < -0.4 is 14.2 Å². The molecule has 0 spiro atoms. The topological polar surface area (TPSA) is 260 Å². The Morgan fingerprint density at radius 1 is 0.516 bits per heavy atom. The molecule has 7 N–H and O–H groups in total. The Morgan fingerprint density at radius 3 is 1.65 bits per heavy atom. The average molecular weight is 831 g/mol. The van der Waals surface area contributed by atoms with E-state index in [2.05, 4.69) is 0 Å². The average Bonchev–Trinajstić information content (AvgIpc) is 3.82. The molecule has 3 aliphatic heterocycles. The van der Waals surface area contributed by atoms with Crippen molar-refractivity contribution in [1.82, 2.24) is 0 Å². The summed E-state index contributed by atoms with van der Waals surface area (Å²) < 4.78 is 28.4. The van der Waals surface area contributed by atoms with E-state index < -0.39 is 5.92 Å². The number of benzene rings is 6. The second kappa shape index (κ2) is 15.0. The van der Waals surface area contributed by atoms with Gasteiger partial charge in [-0.25, -0.2) is 0 Å². The third-order valence-electron chi connectivity index (χ3n) is 10.5. The molecule has 8 aromatic rings. The van der Waals surface area contributed by atoms with Crippen molar-refractivity contribution in [2.45, 2.75) is 19.1 Å². The van der Waals surface area contributed by atoms with Gasteiger partial charge in [-0.2, -0.15) is 10.5 Å². The zero-order valence-electron chi connectivity index (χ0n) is 31.9. The van der Waals surface area contributed by atoms with E-state index in [9.17, 15) is 40.5 Å². The lowest BCUT2D eigenvalue weighted by Crippen LogP contribution is -2.26. The molecule has 2 aromatic heterocycles. The highest BCUT2D eigenvalue weighted by Crippen LogP contribution is 2.47. The maximum Gasteiger partial charge on any atom is 0.177 e. The Balaban J connectivity index is 0.000000119. The van der Waals surface area contributed by atoms with Crippen LogP contribution in [0, 0.1) is 22.7 Å². The molecule has 1 unspecified atom stereocenters. The van der Waals surface area contributed by atoms with Crippen molar-refractivity contribution < 1.29 is 63.6 Å². The molecule has 15 nitrogen and oxygen atoms in total. The third kappa shape index (κ3) is 6.71. The molecule has 0 fully saturated rings. The van der Waals surface area contributed by atoms with Crippen LogP contribution in [0.1, 0.15) is 44.1 Å². The Hall–Kier alpha value is -8.95. The lowest BCUT2D eigenvalue weighted by Gasteiger charge is -2.25. The van der Waals surface area contributed by atoms with Crippen LogP contribution in [0.15, 0.2) is 106 Å². The minimum Gasteiger partial charge on any atom is -0.508 e. The first kappa shape index (κ1) is 38.6. The molecule has 0 aliphatic carbocycles. The Bertz CT molecular complexity index is 3240. The van der Waals surface area contributed by atoms with Gasteiger partial charge in [0.15, 0.2) is 11.4 Å². The van der Waals surface area contributed by atoms with Gasteiger partial charge in [0.05, 0.1) is 33.7 Å². The number of fused-ring (bicyclic) bond motifs is 11. The van der Waals surface area contributed by atoms with Crippen LogP contribution in [0.5, 0.6) is 57.5 Å². The second-order valence-corrected chi connectivity index (χ2v) is 14.4. The zero-order valence-corrected chi connectivity index (χ0v) is 31.9. The highest BCUT2D eigenvalue weighted by molar-refractivity contribution is 6.05. The molecule has 3 aliphatic rings. The molecule has 62 heavy (non-hydrogen) atoms. The normalized spacial score (nSPS) is 14.0. The Kier molecular flexibility index (Phi) is 9.34. The lowest BCUT2D eigenvalue weighted by molar-refractivity contribution is 0.0894. The standard InChI is InChI=1S/C16H11NO5.C16H9NO4.C15H10O4/c17-6-8-3-10(19)4-12(15(8)20)13-7-22-14-5-9(18)1-2-11(14)16(13)21;17-6-8-3-10(19)4-12-13-7-20-14-5-9(18)1-2-11(14)16(13)21-15(8)12;16-8-2-4-13-11(5-8)12-7-18-14-6-9(17)1-3-10(14)15(12)19-13/h1-5,13,18-20H,7H2;1-5,18-19H,7H2;1-6,16-17H,7H2. The zero-order chi connectivity index (χ0) is 43.4. The monoisotopic (exact) mass is 830 g/mol. The predicted molar refractivity (Wildman–Crippen MR) is 218 cm³/mol. The van der Waals surface area contributed by atoms with E-state index in [0.717, 1.165) is 33.9 Å². The summed E-state index contributed by atoms with van der Waals surface area (Å²) in [5.41, 5.74) is 4.97. The van der Waals surface area contributed by atoms with Crippen LogP contribution in [0.25, 0.3) is 44.6 Å². The molecule has 306 valence electrons. The maximum atomic E-state index is 12.6. The molecule has 0 amide bonds. The Labute approximate surface area is 349 Å². The Morgan fingerprint density at radius 2 is 1.02 bits per heavy atom. The van der Waals surface area contributed by atoms with E-state index in [1.54, 1.807) is 60.7 Å². The van der Waals surface area contributed by atoms with Gasteiger partial charge in [-0.3, -0.25) is 4.79 Å². The number of ether oxygens (including phenoxy) is 3. The van der Waals surface area contributed by atoms with Gasteiger partial charge in [0.1, 0.15) is 107 Å². The summed E-state index contributed by atoms with van der Waals surface area (Å²) >= 11 is 0. The van der Waals surface area contributed by atoms with Crippen LogP contribution in [-0.2, 0) is 13.2 Å². The summed E-state index contributed by atoms with van der Waals surface area (Å²) in [6, 6.07) is 27.9. The van der Waals surface area contributed by atoms with Crippen molar-refractivity contribution in [3.05, 3.63) is 130 Å². The molecule has 1 atom stereocenters. The number of nitriles is 2.